The molecule has 1 aromatic carbocycles. The molecule has 0 saturated carbocycles. The summed E-state index contributed by atoms with van der Waals surface area (Å²) in [6.07, 6.45) is 5.34. The molecule has 1 N–H and O–H groups in total. The molecule has 0 spiro atoms. The summed E-state index contributed by atoms with van der Waals surface area (Å²) in [7, 11) is 6.73. The SMILES string of the molecule is COc1ncc(-c2cnn(C)c2)c2sc(NC(=O)c3ccc(C(=O)N(C)C)cc3)nc12. The Kier molecular flexibility index (Phi) is 5.38. The summed E-state index contributed by atoms with van der Waals surface area (Å²) in [4.78, 5) is 35.1. The van der Waals surface area contributed by atoms with Crippen LogP contribution in [0.25, 0.3) is 21.3 Å². The van der Waals surface area contributed by atoms with E-state index in [1.54, 1.807) is 55.4 Å². The minimum Gasteiger partial charge on any atom is -0.479 e. The Morgan fingerprint density at radius 3 is 2.45 bits per heavy atom. The van der Waals surface area contributed by atoms with Gasteiger partial charge in [-0.25, -0.2) is 9.97 Å². The van der Waals surface area contributed by atoms with E-state index in [2.05, 4.69) is 20.4 Å². The smallest absolute Gasteiger partial charge is 0.257 e. The molecule has 4 rings (SSSR count). The molecule has 0 aliphatic carbocycles. The second kappa shape index (κ2) is 8.15. The lowest BCUT2D eigenvalue weighted by atomic mass is 10.1. The Bertz CT molecular complexity index is 1280. The molecule has 10 heteroatoms. The van der Waals surface area contributed by atoms with Crippen molar-refractivity contribution in [3.8, 4) is 17.0 Å². The van der Waals surface area contributed by atoms with Crippen molar-refractivity contribution in [2.24, 2.45) is 7.05 Å². The minimum absolute atomic E-state index is 0.124. The van der Waals surface area contributed by atoms with Crippen molar-refractivity contribution < 1.29 is 14.3 Å². The summed E-state index contributed by atoms with van der Waals surface area (Å²) in [6.45, 7) is 0. The van der Waals surface area contributed by atoms with Gasteiger partial charge in [0.15, 0.2) is 5.13 Å². The molecule has 3 aromatic heterocycles. The van der Waals surface area contributed by atoms with Crippen LogP contribution in [0.3, 0.4) is 0 Å². The van der Waals surface area contributed by atoms with Crippen molar-refractivity contribution in [2.75, 3.05) is 26.5 Å². The van der Waals surface area contributed by atoms with Crippen LogP contribution in [0.5, 0.6) is 5.88 Å². The number of hydrogen-bond acceptors (Lipinski definition) is 7. The van der Waals surface area contributed by atoms with Crippen LogP contribution in [0.4, 0.5) is 5.13 Å². The summed E-state index contributed by atoms with van der Waals surface area (Å²) < 4.78 is 7.89. The highest BCUT2D eigenvalue weighted by Crippen LogP contribution is 2.38. The predicted octanol–water partition coefficient (Wildman–Crippen LogP) is 3.05. The molecule has 0 aliphatic rings. The van der Waals surface area contributed by atoms with E-state index in [9.17, 15) is 9.59 Å². The first-order chi connectivity index (χ1) is 14.9. The zero-order valence-corrected chi connectivity index (χ0v) is 18.2. The number of carbonyl (C=O) groups is 2. The van der Waals surface area contributed by atoms with Crippen LogP contribution in [0, 0.1) is 0 Å². The third-order valence-electron chi connectivity index (χ3n) is 4.62. The van der Waals surface area contributed by atoms with E-state index in [0.717, 1.165) is 15.8 Å². The third kappa shape index (κ3) is 3.97. The van der Waals surface area contributed by atoms with E-state index < -0.39 is 0 Å². The maximum Gasteiger partial charge on any atom is 0.257 e. The fourth-order valence-electron chi connectivity index (χ4n) is 3.05. The number of fused-ring (bicyclic) bond motifs is 1. The highest BCUT2D eigenvalue weighted by molar-refractivity contribution is 7.23. The molecule has 0 unspecified atom stereocenters. The van der Waals surface area contributed by atoms with Gasteiger partial charge in [-0.2, -0.15) is 5.10 Å². The lowest BCUT2D eigenvalue weighted by Crippen LogP contribution is -2.21. The van der Waals surface area contributed by atoms with Gasteiger partial charge < -0.3 is 9.64 Å². The fraction of sp³-hybridized carbons (Fsp3) is 0.190. The largest absolute Gasteiger partial charge is 0.479 e. The Labute approximate surface area is 182 Å². The van der Waals surface area contributed by atoms with E-state index in [1.807, 2.05) is 13.2 Å². The first kappa shape index (κ1) is 20.5. The molecular formula is C21H20N6O3S. The zero-order chi connectivity index (χ0) is 22.1. The lowest BCUT2D eigenvalue weighted by molar-refractivity contribution is 0.0827. The van der Waals surface area contributed by atoms with Gasteiger partial charge in [-0.05, 0) is 24.3 Å². The highest BCUT2D eigenvalue weighted by atomic mass is 32.1. The predicted molar refractivity (Wildman–Crippen MR) is 119 cm³/mol. The number of anilines is 1. The zero-order valence-electron chi connectivity index (χ0n) is 17.4. The number of aryl methyl sites for hydroxylation is 1. The van der Waals surface area contributed by atoms with Crippen molar-refractivity contribution >= 4 is 38.5 Å². The van der Waals surface area contributed by atoms with Crippen LogP contribution in [0.2, 0.25) is 0 Å². The number of aromatic nitrogens is 4. The summed E-state index contributed by atoms with van der Waals surface area (Å²) in [5.74, 6) is -0.0654. The van der Waals surface area contributed by atoms with Gasteiger partial charge in [0.05, 0.1) is 18.0 Å². The number of methoxy groups -OCH3 is 1. The molecular weight excluding hydrogens is 416 g/mol. The topological polar surface area (TPSA) is 102 Å². The van der Waals surface area contributed by atoms with Crippen LogP contribution >= 0.6 is 11.3 Å². The molecule has 31 heavy (non-hydrogen) atoms. The van der Waals surface area contributed by atoms with E-state index in [4.69, 9.17) is 4.74 Å². The first-order valence-electron chi connectivity index (χ1n) is 9.33. The molecule has 4 aromatic rings. The number of pyridine rings is 1. The molecule has 3 heterocycles. The van der Waals surface area contributed by atoms with Gasteiger partial charge in [-0.3, -0.25) is 19.6 Å². The second-order valence-corrected chi connectivity index (χ2v) is 8.01. The van der Waals surface area contributed by atoms with Gasteiger partial charge in [0.25, 0.3) is 11.8 Å². The number of ether oxygens (including phenoxy) is 1. The molecule has 158 valence electrons. The van der Waals surface area contributed by atoms with Crippen molar-refractivity contribution in [1.82, 2.24) is 24.6 Å². The third-order valence-corrected chi connectivity index (χ3v) is 5.62. The Balaban J connectivity index is 1.64. The summed E-state index contributed by atoms with van der Waals surface area (Å²) in [5.41, 5.74) is 3.25. The monoisotopic (exact) mass is 436 g/mol. The van der Waals surface area contributed by atoms with Crippen LogP contribution in [-0.2, 0) is 7.05 Å². The van der Waals surface area contributed by atoms with Crippen LogP contribution in [0.15, 0.2) is 42.9 Å². The lowest BCUT2D eigenvalue weighted by Gasteiger charge is -2.10. The Morgan fingerprint density at radius 1 is 1.13 bits per heavy atom. The van der Waals surface area contributed by atoms with E-state index in [0.29, 0.717) is 27.7 Å². The molecule has 0 radical (unpaired) electrons. The van der Waals surface area contributed by atoms with Crippen molar-refractivity contribution in [3.05, 3.63) is 54.0 Å². The summed E-state index contributed by atoms with van der Waals surface area (Å²) in [6, 6.07) is 6.48. The molecule has 0 saturated heterocycles. The van der Waals surface area contributed by atoms with Crippen molar-refractivity contribution in [1.29, 1.82) is 0 Å². The maximum atomic E-state index is 12.7. The highest BCUT2D eigenvalue weighted by Gasteiger charge is 2.18. The van der Waals surface area contributed by atoms with Crippen molar-refractivity contribution in [3.63, 3.8) is 0 Å². The molecule has 0 atom stereocenters. The standard InChI is InChI=1S/C21H20N6O3S/c1-26(2)20(29)13-7-5-12(6-8-13)18(28)25-21-24-16-17(31-21)15(10-22-19(16)30-4)14-9-23-27(3)11-14/h5-11H,1-4H3,(H,24,25,28). The molecule has 0 fully saturated rings. The number of benzene rings is 1. The van der Waals surface area contributed by atoms with E-state index in [1.165, 1.54) is 23.3 Å². The van der Waals surface area contributed by atoms with Gasteiger partial charge in [0, 0.05) is 55.8 Å². The number of thiazole rings is 1. The summed E-state index contributed by atoms with van der Waals surface area (Å²) >= 11 is 1.33. The number of rotatable bonds is 5. The molecule has 2 amide bonds. The molecule has 0 bridgehead atoms. The number of hydrogen-bond donors (Lipinski definition) is 1. The molecule has 0 aliphatic heterocycles. The molecule has 9 nitrogen and oxygen atoms in total. The Morgan fingerprint density at radius 2 is 1.84 bits per heavy atom. The van der Waals surface area contributed by atoms with Crippen LogP contribution < -0.4 is 10.1 Å². The van der Waals surface area contributed by atoms with Gasteiger partial charge in [-0.1, -0.05) is 11.3 Å². The first-order valence-corrected chi connectivity index (χ1v) is 10.1. The fourth-order valence-corrected chi connectivity index (χ4v) is 4.04. The quantitative estimate of drug-likeness (QED) is 0.516. The number of nitrogens with zero attached hydrogens (tertiary/aromatic N) is 5. The van der Waals surface area contributed by atoms with Gasteiger partial charge in [0.1, 0.15) is 5.52 Å². The van der Waals surface area contributed by atoms with Gasteiger partial charge >= 0.3 is 0 Å². The average Bonchev–Trinajstić information content (AvgIpc) is 3.38. The second-order valence-electron chi connectivity index (χ2n) is 7.01. The summed E-state index contributed by atoms with van der Waals surface area (Å²) in [5, 5.41) is 7.46. The normalized spacial score (nSPS) is 10.8. The number of amides is 2. The Hall–Kier alpha value is -3.79. The maximum absolute atomic E-state index is 12.7. The minimum atomic E-state index is -0.322. The van der Waals surface area contributed by atoms with E-state index >= 15 is 0 Å². The van der Waals surface area contributed by atoms with E-state index in [-0.39, 0.29) is 11.8 Å². The average molecular weight is 436 g/mol. The van der Waals surface area contributed by atoms with Gasteiger partial charge in [-0.15, -0.1) is 0 Å². The van der Waals surface area contributed by atoms with Gasteiger partial charge in [0.2, 0.25) is 5.88 Å². The van der Waals surface area contributed by atoms with Crippen LogP contribution in [-0.4, -0.2) is 57.7 Å². The van der Waals surface area contributed by atoms with Crippen LogP contribution in [0.1, 0.15) is 20.7 Å². The number of nitrogens with one attached hydrogen (secondary N) is 1. The van der Waals surface area contributed by atoms with Crippen molar-refractivity contribution in [2.45, 2.75) is 0 Å². The number of carbonyl (C=O) groups excluding carboxylic acids is 2.